The SMILES string of the molecule is CC(C)(C)c1ccc(CC(CN)c2nccs2)cc1. The molecule has 0 saturated heterocycles. The lowest BCUT2D eigenvalue weighted by Gasteiger charge is -2.19. The highest BCUT2D eigenvalue weighted by Crippen LogP contribution is 2.25. The molecule has 3 heteroatoms. The van der Waals surface area contributed by atoms with Gasteiger partial charge in [0.2, 0.25) is 0 Å². The van der Waals surface area contributed by atoms with Gasteiger partial charge in [0.25, 0.3) is 0 Å². The van der Waals surface area contributed by atoms with Gasteiger partial charge in [-0.15, -0.1) is 11.3 Å². The molecule has 0 aliphatic rings. The third kappa shape index (κ3) is 3.64. The molecule has 1 heterocycles. The third-order valence-corrected chi connectivity index (χ3v) is 4.33. The zero-order chi connectivity index (χ0) is 13.9. The Bertz CT molecular complexity index is 495. The summed E-state index contributed by atoms with van der Waals surface area (Å²) in [5.41, 5.74) is 8.79. The van der Waals surface area contributed by atoms with Crippen molar-refractivity contribution in [1.29, 1.82) is 0 Å². The van der Waals surface area contributed by atoms with Crippen LogP contribution in [0.4, 0.5) is 0 Å². The Hall–Kier alpha value is -1.19. The van der Waals surface area contributed by atoms with Gasteiger partial charge in [-0.3, -0.25) is 0 Å². The van der Waals surface area contributed by atoms with E-state index in [9.17, 15) is 0 Å². The van der Waals surface area contributed by atoms with Crippen LogP contribution in [0, 0.1) is 0 Å². The highest BCUT2D eigenvalue weighted by Gasteiger charge is 2.15. The van der Waals surface area contributed by atoms with Crippen molar-refractivity contribution in [3.63, 3.8) is 0 Å². The average Bonchev–Trinajstić information content (AvgIpc) is 2.89. The molecule has 0 bridgehead atoms. The van der Waals surface area contributed by atoms with E-state index < -0.39 is 0 Å². The fourth-order valence-electron chi connectivity index (χ4n) is 2.13. The second kappa shape index (κ2) is 5.85. The molecule has 0 radical (unpaired) electrons. The number of benzene rings is 1. The van der Waals surface area contributed by atoms with Crippen LogP contribution < -0.4 is 5.73 Å². The Balaban J connectivity index is 2.11. The lowest BCUT2D eigenvalue weighted by atomic mass is 9.86. The Labute approximate surface area is 119 Å². The van der Waals surface area contributed by atoms with Crippen LogP contribution in [0.25, 0.3) is 0 Å². The molecule has 0 aliphatic carbocycles. The number of hydrogen-bond acceptors (Lipinski definition) is 3. The molecular weight excluding hydrogens is 252 g/mol. The maximum Gasteiger partial charge on any atom is 0.0971 e. The Morgan fingerprint density at radius 3 is 2.37 bits per heavy atom. The van der Waals surface area contributed by atoms with Gasteiger partial charge in [-0.1, -0.05) is 45.0 Å². The molecule has 0 amide bonds. The van der Waals surface area contributed by atoms with Gasteiger partial charge in [0.1, 0.15) is 0 Å². The van der Waals surface area contributed by atoms with Gasteiger partial charge in [0.15, 0.2) is 0 Å². The van der Waals surface area contributed by atoms with Gasteiger partial charge in [0.05, 0.1) is 5.01 Å². The maximum atomic E-state index is 5.88. The highest BCUT2D eigenvalue weighted by molar-refractivity contribution is 7.09. The fraction of sp³-hybridized carbons (Fsp3) is 0.438. The van der Waals surface area contributed by atoms with Gasteiger partial charge in [-0.25, -0.2) is 4.98 Å². The molecule has 1 aromatic carbocycles. The third-order valence-electron chi connectivity index (χ3n) is 3.39. The van der Waals surface area contributed by atoms with E-state index in [0.717, 1.165) is 11.4 Å². The topological polar surface area (TPSA) is 38.9 Å². The smallest absolute Gasteiger partial charge is 0.0971 e. The van der Waals surface area contributed by atoms with Gasteiger partial charge in [-0.2, -0.15) is 0 Å². The standard InChI is InChI=1S/C16H22N2S/c1-16(2,3)14-6-4-12(5-7-14)10-13(11-17)15-18-8-9-19-15/h4-9,13H,10-11,17H2,1-3H3. The van der Waals surface area contributed by atoms with Crippen LogP contribution in [0.5, 0.6) is 0 Å². The van der Waals surface area contributed by atoms with Crippen molar-refractivity contribution in [2.75, 3.05) is 6.54 Å². The summed E-state index contributed by atoms with van der Waals surface area (Å²) >= 11 is 1.69. The van der Waals surface area contributed by atoms with E-state index in [0.29, 0.717) is 12.5 Å². The van der Waals surface area contributed by atoms with Crippen LogP contribution in [-0.4, -0.2) is 11.5 Å². The predicted octanol–water partition coefficient (Wildman–Crippen LogP) is 3.73. The van der Waals surface area contributed by atoms with Crippen LogP contribution in [-0.2, 0) is 11.8 Å². The molecule has 19 heavy (non-hydrogen) atoms. The van der Waals surface area contributed by atoms with Gasteiger partial charge < -0.3 is 5.73 Å². The van der Waals surface area contributed by atoms with Crippen molar-refractivity contribution in [2.45, 2.75) is 38.5 Å². The summed E-state index contributed by atoms with van der Waals surface area (Å²) in [6, 6.07) is 8.89. The van der Waals surface area contributed by atoms with E-state index in [1.54, 1.807) is 11.3 Å². The first-order chi connectivity index (χ1) is 9.00. The van der Waals surface area contributed by atoms with Crippen molar-refractivity contribution in [2.24, 2.45) is 5.73 Å². The Morgan fingerprint density at radius 2 is 1.89 bits per heavy atom. The molecule has 0 saturated carbocycles. The minimum absolute atomic E-state index is 0.209. The minimum atomic E-state index is 0.209. The van der Waals surface area contributed by atoms with Crippen LogP contribution in [0.2, 0.25) is 0 Å². The fourth-order valence-corrected chi connectivity index (χ4v) is 2.89. The molecule has 2 rings (SSSR count). The Kier molecular flexibility index (Phi) is 4.38. The van der Waals surface area contributed by atoms with E-state index in [4.69, 9.17) is 5.73 Å². The second-order valence-electron chi connectivity index (χ2n) is 5.95. The molecule has 102 valence electrons. The molecule has 0 spiro atoms. The summed E-state index contributed by atoms with van der Waals surface area (Å²) in [4.78, 5) is 4.38. The van der Waals surface area contributed by atoms with Crippen molar-refractivity contribution >= 4 is 11.3 Å². The van der Waals surface area contributed by atoms with E-state index in [1.807, 2.05) is 11.6 Å². The summed E-state index contributed by atoms with van der Waals surface area (Å²) in [6.45, 7) is 7.36. The summed E-state index contributed by atoms with van der Waals surface area (Å²) < 4.78 is 0. The average molecular weight is 274 g/mol. The molecule has 2 aromatic rings. The van der Waals surface area contributed by atoms with E-state index in [2.05, 4.69) is 50.0 Å². The molecule has 2 N–H and O–H groups in total. The highest BCUT2D eigenvalue weighted by atomic mass is 32.1. The first-order valence-corrected chi connectivity index (χ1v) is 7.57. The second-order valence-corrected chi connectivity index (χ2v) is 6.88. The summed E-state index contributed by atoms with van der Waals surface area (Å²) in [6.07, 6.45) is 2.82. The quantitative estimate of drug-likeness (QED) is 0.922. The molecule has 0 fully saturated rings. The number of thiazole rings is 1. The van der Waals surface area contributed by atoms with Crippen LogP contribution in [0.3, 0.4) is 0 Å². The zero-order valence-corrected chi connectivity index (χ0v) is 12.7. The summed E-state index contributed by atoms with van der Waals surface area (Å²) in [5.74, 6) is 0.334. The molecular formula is C16H22N2S. The first kappa shape index (κ1) is 14.2. The van der Waals surface area contributed by atoms with E-state index in [-0.39, 0.29) is 5.41 Å². The molecule has 1 aromatic heterocycles. The minimum Gasteiger partial charge on any atom is -0.330 e. The number of nitrogens with two attached hydrogens (primary N) is 1. The van der Waals surface area contributed by atoms with Gasteiger partial charge in [-0.05, 0) is 23.0 Å². The number of hydrogen-bond donors (Lipinski definition) is 1. The van der Waals surface area contributed by atoms with Gasteiger partial charge in [0, 0.05) is 24.0 Å². The van der Waals surface area contributed by atoms with Crippen molar-refractivity contribution < 1.29 is 0 Å². The maximum absolute atomic E-state index is 5.88. The number of aromatic nitrogens is 1. The van der Waals surface area contributed by atoms with E-state index in [1.165, 1.54) is 11.1 Å². The van der Waals surface area contributed by atoms with E-state index >= 15 is 0 Å². The van der Waals surface area contributed by atoms with Gasteiger partial charge >= 0.3 is 0 Å². The van der Waals surface area contributed by atoms with Crippen molar-refractivity contribution in [1.82, 2.24) is 4.98 Å². The largest absolute Gasteiger partial charge is 0.330 e. The first-order valence-electron chi connectivity index (χ1n) is 6.69. The van der Waals surface area contributed by atoms with Crippen molar-refractivity contribution in [3.05, 3.63) is 52.0 Å². The molecule has 1 atom stereocenters. The van der Waals surface area contributed by atoms with Crippen LogP contribution >= 0.6 is 11.3 Å². The Morgan fingerprint density at radius 1 is 1.21 bits per heavy atom. The summed E-state index contributed by atoms with van der Waals surface area (Å²) in [5, 5.41) is 3.16. The monoisotopic (exact) mass is 274 g/mol. The molecule has 0 aliphatic heterocycles. The lowest BCUT2D eigenvalue weighted by Crippen LogP contribution is -2.15. The number of rotatable bonds is 4. The lowest BCUT2D eigenvalue weighted by molar-refractivity contribution is 0.589. The van der Waals surface area contributed by atoms with Crippen LogP contribution in [0.15, 0.2) is 35.8 Å². The van der Waals surface area contributed by atoms with Crippen LogP contribution in [0.1, 0.15) is 42.8 Å². The number of nitrogens with zero attached hydrogens (tertiary/aromatic N) is 1. The molecule has 2 nitrogen and oxygen atoms in total. The summed E-state index contributed by atoms with van der Waals surface area (Å²) in [7, 11) is 0. The molecule has 1 unspecified atom stereocenters. The predicted molar refractivity (Wildman–Crippen MR) is 82.8 cm³/mol. The van der Waals surface area contributed by atoms with Crippen molar-refractivity contribution in [3.8, 4) is 0 Å². The zero-order valence-electron chi connectivity index (χ0n) is 11.9. The normalized spacial score (nSPS) is 13.5.